The second-order valence-corrected chi connectivity index (χ2v) is 19.9. The summed E-state index contributed by atoms with van der Waals surface area (Å²) in [6.45, 7) is 15.7. The molecule has 398 valence electrons. The molecule has 1 heterocycles. The number of alkyl carbamates (subject to hydrolysis) is 2. The first-order valence-electron chi connectivity index (χ1n) is 24.7. The fourth-order valence-electron chi connectivity index (χ4n) is 7.95. The molecule has 73 heavy (non-hydrogen) atoms. The highest BCUT2D eigenvalue weighted by Crippen LogP contribution is 2.40. The highest BCUT2D eigenvalue weighted by molar-refractivity contribution is 6.00. The molecule has 4 bridgehead atoms. The number of ether oxygens (including phenoxy) is 5. The highest BCUT2D eigenvalue weighted by Gasteiger charge is 2.36. The maximum Gasteiger partial charge on any atom is 0.407 e. The number of aldehydes is 1. The molecule has 19 nitrogen and oxygen atoms in total. The van der Waals surface area contributed by atoms with Gasteiger partial charge in [0.1, 0.15) is 66.4 Å². The predicted octanol–water partition coefficient (Wildman–Crippen LogP) is 6.20. The molecule has 1 aliphatic heterocycles. The summed E-state index contributed by atoms with van der Waals surface area (Å²) in [4.78, 5) is 108. The van der Waals surface area contributed by atoms with Crippen LogP contribution >= 0.6 is 0 Å². The summed E-state index contributed by atoms with van der Waals surface area (Å²) in [6.07, 6.45) is 3.88. The van der Waals surface area contributed by atoms with E-state index in [1.165, 1.54) is 21.1 Å². The Morgan fingerprint density at radius 3 is 1.96 bits per heavy atom. The molecule has 0 saturated carbocycles. The van der Waals surface area contributed by atoms with Gasteiger partial charge in [0.25, 0.3) is 5.91 Å². The zero-order valence-corrected chi connectivity index (χ0v) is 44.1. The molecule has 0 unspecified atom stereocenters. The van der Waals surface area contributed by atoms with E-state index >= 15 is 0 Å². The zero-order chi connectivity index (χ0) is 54.0. The Kier molecular flexibility index (Phi) is 21.6. The van der Waals surface area contributed by atoms with E-state index in [1.807, 2.05) is 12.1 Å². The van der Waals surface area contributed by atoms with Crippen LogP contribution in [-0.2, 0) is 51.0 Å². The number of rotatable bonds is 20. The average molecular weight is 1020 g/mol. The third-order valence-electron chi connectivity index (χ3n) is 11.5. The second kappa shape index (κ2) is 27.0. The number of unbranched alkanes of at least 4 members (excludes halogenated alkanes) is 3. The number of nitrogens with zero attached hydrogens (tertiary/aromatic N) is 1. The van der Waals surface area contributed by atoms with Gasteiger partial charge in [-0.05, 0) is 121 Å². The lowest BCUT2D eigenvalue weighted by molar-refractivity contribution is -0.145. The number of methoxy groups -OCH3 is 1. The van der Waals surface area contributed by atoms with Crippen molar-refractivity contribution in [2.75, 3.05) is 40.5 Å². The molecule has 5 N–H and O–H groups in total. The van der Waals surface area contributed by atoms with Crippen LogP contribution in [0.1, 0.15) is 126 Å². The molecule has 19 heteroatoms. The highest BCUT2D eigenvalue weighted by atomic mass is 16.6. The Labute approximate surface area is 428 Å². The predicted molar refractivity (Wildman–Crippen MR) is 273 cm³/mol. The van der Waals surface area contributed by atoms with Gasteiger partial charge in [-0.15, -0.1) is 0 Å². The molecule has 0 aromatic heterocycles. The van der Waals surface area contributed by atoms with Crippen LogP contribution in [0, 0.1) is 6.92 Å². The van der Waals surface area contributed by atoms with E-state index in [0.717, 1.165) is 42.6 Å². The number of benzene rings is 3. The van der Waals surface area contributed by atoms with Crippen LogP contribution in [0.3, 0.4) is 0 Å². The van der Waals surface area contributed by atoms with E-state index in [2.05, 4.69) is 33.5 Å². The lowest BCUT2D eigenvalue weighted by atomic mass is 9.93. The van der Waals surface area contributed by atoms with Gasteiger partial charge in [0.05, 0.1) is 20.2 Å². The number of carbonyl (C=O) groups excluding carboxylic acids is 8. The lowest BCUT2D eigenvalue weighted by Crippen LogP contribution is -2.55. The Morgan fingerprint density at radius 1 is 0.795 bits per heavy atom. The molecule has 0 radical (unpaired) electrons. The third kappa shape index (κ3) is 18.1. The Hall–Kier alpha value is -7.18. The molecule has 0 saturated heterocycles. The summed E-state index contributed by atoms with van der Waals surface area (Å²) in [5, 5.41) is 13.4. The van der Waals surface area contributed by atoms with Crippen molar-refractivity contribution in [3.63, 3.8) is 0 Å². The van der Waals surface area contributed by atoms with Crippen molar-refractivity contribution in [2.24, 2.45) is 0 Å². The van der Waals surface area contributed by atoms with E-state index in [0.29, 0.717) is 34.1 Å². The largest absolute Gasteiger partial charge is 0.491 e. The number of fused-ring (bicyclic) bond motifs is 5. The van der Waals surface area contributed by atoms with Gasteiger partial charge in [0.15, 0.2) is 0 Å². The van der Waals surface area contributed by atoms with Crippen molar-refractivity contribution in [3.8, 4) is 22.6 Å². The minimum absolute atomic E-state index is 0.0169. The molecule has 3 aromatic rings. The summed E-state index contributed by atoms with van der Waals surface area (Å²) in [7, 11) is 2.52. The number of nitrogens with one attached hydrogen (secondary N) is 5. The van der Waals surface area contributed by atoms with Crippen molar-refractivity contribution < 1.29 is 62.0 Å². The number of hydrogen-bond acceptors (Lipinski definition) is 13. The Bertz CT molecular complexity index is 2450. The molecule has 4 atom stereocenters. The van der Waals surface area contributed by atoms with Gasteiger partial charge in [-0.25, -0.2) is 14.4 Å². The quantitative estimate of drug-likeness (QED) is 0.0367. The van der Waals surface area contributed by atoms with Crippen molar-refractivity contribution in [1.29, 1.82) is 0 Å². The van der Waals surface area contributed by atoms with Crippen LogP contribution in [0.2, 0.25) is 0 Å². The van der Waals surface area contributed by atoms with Crippen LogP contribution < -0.4 is 36.1 Å². The van der Waals surface area contributed by atoms with E-state index in [1.54, 1.807) is 90.9 Å². The van der Waals surface area contributed by atoms with Crippen LogP contribution in [0.25, 0.3) is 11.1 Å². The summed E-state index contributed by atoms with van der Waals surface area (Å²) < 4.78 is 28.4. The van der Waals surface area contributed by atoms with Crippen molar-refractivity contribution in [2.45, 2.75) is 143 Å². The van der Waals surface area contributed by atoms with Gasteiger partial charge < -0.3 is 60.0 Å². The topological polar surface area (TPSA) is 246 Å². The van der Waals surface area contributed by atoms with Gasteiger partial charge in [0, 0.05) is 36.6 Å². The first-order valence-corrected chi connectivity index (χ1v) is 24.7. The number of amides is 6. The second-order valence-electron chi connectivity index (χ2n) is 19.9. The van der Waals surface area contributed by atoms with Crippen LogP contribution in [-0.4, -0.2) is 123 Å². The number of aryl methyl sites for hydroxylation is 2. The number of carbonyl (C=O) groups is 8. The standard InChI is InChI=1S/C54H74N6O13/c1-12-13-14-15-16-35-17-20-38(33(2)29-35)47(63)58-41(23-26-61)49(65)60(10)45-37-19-22-44(71-28-25-56-52(68)73-54(7,8)9)40(32-37)39-30-36(18-21-43(39)70-27-24-55-51(67)72-53(4,5)6)31-42(50(66)69-11)59-46(62)34(3)57-48(45)64/h17-22,26,29-30,32,34,41-42,45H,12-16,23-25,27-28,31H2,1-11H3,(H,55,67)(H,56,68)(H,57,64)(H,58,63)(H,59,62)/t34-,41-,42-,45-/m0/s1. The van der Waals surface area contributed by atoms with Crippen molar-refractivity contribution in [1.82, 2.24) is 31.5 Å². The smallest absolute Gasteiger partial charge is 0.407 e. The molecule has 3 aromatic carbocycles. The molecule has 6 amide bonds. The Balaban J connectivity index is 1.84. The van der Waals surface area contributed by atoms with Crippen LogP contribution in [0.4, 0.5) is 9.59 Å². The van der Waals surface area contributed by atoms with Gasteiger partial charge in [-0.1, -0.05) is 50.5 Å². The average Bonchev–Trinajstić information content (AvgIpc) is 3.31. The molecular weight excluding hydrogens is 941 g/mol. The van der Waals surface area contributed by atoms with E-state index in [9.17, 15) is 38.4 Å². The minimum Gasteiger partial charge on any atom is -0.491 e. The first kappa shape index (κ1) is 58.4. The zero-order valence-electron chi connectivity index (χ0n) is 44.1. The van der Waals surface area contributed by atoms with Crippen LogP contribution in [0.15, 0.2) is 54.6 Å². The molecule has 4 rings (SSSR count). The monoisotopic (exact) mass is 1010 g/mol. The minimum atomic E-state index is -1.52. The maximum atomic E-state index is 14.7. The SMILES string of the molecule is CCCCCCc1ccc(C(=O)N[C@@H](CC=O)C(=O)N(C)[C@@H]2C(=O)N[C@@H](C)C(=O)N[C@H](C(=O)OC)Cc3ccc(OCCNC(=O)OC(C)(C)C)c(c3)-c3cc2ccc3OCCNC(=O)OC(C)(C)C)c(C)c1. The van der Waals surface area contributed by atoms with E-state index in [4.69, 9.17) is 23.7 Å². The molecule has 0 spiro atoms. The van der Waals surface area contributed by atoms with Gasteiger partial charge in [-0.2, -0.15) is 0 Å². The fraction of sp³-hybridized carbons (Fsp3) is 0.519. The van der Waals surface area contributed by atoms with Crippen LogP contribution in [0.5, 0.6) is 11.5 Å². The summed E-state index contributed by atoms with van der Waals surface area (Å²) >= 11 is 0. The first-order chi connectivity index (χ1) is 34.4. The van der Waals surface area contributed by atoms with Crippen molar-refractivity contribution >= 4 is 48.1 Å². The van der Waals surface area contributed by atoms with Gasteiger partial charge in [0.2, 0.25) is 17.7 Å². The molecular formula is C54H74N6O13. The van der Waals surface area contributed by atoms with Gasteiger partial charge in [-0.3, -0.25) is 19.2 Å². The summed E-state index contributed by atoms with van der Waals surface area (Å²) in [5.41, 5.74) is 2.03. The number of hydrogen-bond donors (Lipinski definition) is 5. The maximum absolute atomic E-state index is 14.7. The summed E-state index contributed by atoms with van der Waals surface area (Å²) in [5.74, 6) is -3.21. The van der Waals surface area contributed by atoms with Crippen molar-refractivity contribution in [3.05, 3.63) is 82.4 Å². The lowest BCUT2D eigenvalue weighted by Gasteiger charge is -2.32. The molecule has 1 aliphatic rings. The summed E-state index contributed by atoms with van der Waals surface area (Å²) in [6, 6.07) is 9.83. The number of esters is 1. The number of likely N-dealkylation sites (N-methyl/N-ethyl adjacent to an activating group) is 1. The molecule has 0 aliphatic carbocycles. The Morgan fingerprint density at radius 2 is 1.40 bits per heavy atom. The normalized spacial score (nSPS) is 16.2. The van der Waals surface area contributed by atoms with E-state index < -0.39 is 83.6 Å². The third-order valence-corrected chi connectivity index (χ3v) is 11.5. The van der Waals surface area contributed by atoms with E-state index in [-0.39, 0.29) is 49.8 Å². The fourth-order valence-corrected chi connectivity index (χ4v) is 7.95. The van der Waals surface area contributed by atoms with Gasteiger partial charge >= 0.3 is 18.2 Å². The molecule has 0 fully saturated rings.